The van der Waals surface area contributed by atoms with Gasteiger partial charge in [0.1, 0.15) is 0 Å². The molecule has 0 fully saturated rings. The van der Waals surface area contributed by atoms with E-state index in [1.165, 1.54) is 14.9 Å². The number of hydrogen-bond donors (Lipinski definition) is 1. The Bertz CT molecular complexity index is 524. The summed E-state index contributed by atoms with van der Waals surface area (Å²) >= 11 is 14.7. The third-order valence-electron chi connectivity index (χ3n) is 2.76. The molecule has 0 radical (unpaired) electrons. The largest absolute Gasteiger partial charge is 0.313 e. The highest BCUT2D eigenvalue weighted by Gasteiger charge is 2.16. The highest BCUT2D eigenvalue weighted by atomic mass is 79.9. The number of thiophene rings is 1. The zero-order valence-corrected chi connectivity index (χ0v) is 14.5. The maximum atomic E-state index is 5.90. The van der Waals surface area contributed by atoms with Crippen molar-refractivity contribution in [2.75, 3.05) is 7.05 Å². The van der Waals surface area contributed by atoms with Crippen molar-refractivity contribution < 1.29 is 0 Å². The second-order valence-electron chi connectivity index (χ2n) is 3.95. The highest BCUT2D eigenvalue weighted by Crippen LogP contribution is 2.36. The summed E-state index contributed by atoms with van der Waals surface area (Å²) in [6.07, 6.45) is 0.940. The Morgan fingerprint density at radius 2 is 1.94 bits per heavy atom. The lowest BCUT2D eigenvalue weighted by Gasteiger charge is -2.16. The summed E-state index contributed by atoms with van der Waals surface area (Å²) < 4.78 is 2.31. The molecule has 1 atom stereocenters. The van der Waals surface area contributed by atoms with Crippen molar-refractivity contribution in [2.45, 2.75) is 12.5 Å². The number of hydrogen-bond acceptors (Lipinski definition) is 2. The first-order valence-corrected chi connectivity index (χ1v) is 8.24. The zero-order valence-electron chi connectivity index (χ0n) is 9.71. The van der Waals surface area contributed by atoms with Crippen molar-refractivity contribution in [3.8, 4) is 0 Å². The Hall–Kier alpha value is 0.130. The van der Waals surface area contributed by atoms with Crippen LogP contribution in [0.4, 0.5) is 0 Å². The van der Waals surface area contributed by atoms with Gasteiger partial charge in [0, 0.05) is 11.1 Å². The molecule has 18 heavy (non-hydrogen) atoms. The van der Waals surface area contributed by atoms with Crippen molar-refractivity contribution in [3.05, 3.63) is 54.1 Å². The van der Waals surface area contributed by atoms with E-state index in [4.69, 9.17) is 11.6 Å². The predicted molar refractivity (Wildman–Crippen MR) is 86.7 cm³/mol. The Balaban J connectivity index is 2.19. The molecule has 0 amide bonds. The molecular weight excluding hydrogens is 397 g/mol. The highest BCUT2D eigenvalue weighted by molar-refractivity contribution is 9.12. The van der Waals surface area contributed by atoms with Crippen molar-refractivity contribution in [1.29, 1.82) is 0 Å². The quantitative estimate of drug-likeness (QED) is 0.710. The molecule has 1 aromatic heterocycles. The van der Waals surface area contributed by atoms with E-state index < -0.39 is 0 Å². The summed E-state index contributed by atoms with van der Waals surface area (Å²) in [7, 11) is 1.98. The second-order valence-corrected chi connectivity index (χ2v) is 8.14. The number of likely N-dealkylation sites (N-methyl/N-ethyl adjacent to an activating group) is 1. The minimum Gasteiger partial charge on any atom is -0.313 e. The molecule has 2 aromatic rings. The van der Waals surface area contributed by atoms with E-state index in [0.717, 1.165) is 15.2 Å². The van der Waals surface area contributed by atoms with Gasteiger partial charge in [0.25, 0.3) is 0 Å². The Morgan fingerprint density at radius 1 is 1.28 bits per heavy atom. The number of nitrogens with one attached hydrogen (secondary N) is 1. The lowest BCUT2D eigenvalue weighted by Crippen LogP contribution is -2.18. The van der Waals surface area contributed by atoms with Crippen LogP contribution < -0.4 is 5.32 Å². The van der Waals surface area contributed by atoms with E-state index in [2.05, 4.69) is 55.4 Å². The number of benzene rings is 1. The van der Waals surface area contributed by atoms with Crippen LogP contribution in [0.15, 0.2) is 37.9 Å². The van der Waals surface area contributed by atoms with Crippen LogP contribution in [-0.2, 0) is 6.42 Å². The fraction of sp³-hybridized carbons (Fsp3) is 0.231. The van der Waals surface area contributed by atoms with Gasteiger partial charge in [-0.15, -0.1) is 11.3 Å². The maximum Gasteiger partial charge on any atom is 0.0758 e. The lowest BCUT2D eigenvalue weighted by atomic mass is 10.0. The van der Waals surface area contributed by atoms with E-state index in [0.29, 0.717) is 6.04 Å². The fourth-order valence-electron chi connectivity index (χ4n) is 1.81. The van der Waals surface area contributed by atoms with Crippen molar-refractivity contribution in [1.82, 2.24) is 5.32 Å². The lowest BCUT2D eigenvalue weighted by molar-refractivity contribution is 0.592. The van der Waals surface area contributed by atoms with Crippen molar-refractivity contribution in [2.24, 2.45) is 0 Å². The minimum absolute atomic E-state index is 0.295. The van der Waals surface area contributed by atoms with Gasteiger partial charge in [0.2, 0.25) is 0 Å². The molecule has 1 aromatic carbocycles. The molecule has 0 aliphatic carbocycles. The molecule has 0 saturated carbocycles. The molecule has 0 spiro atoms. The first kappa shape index (κ1) is 14.5. The van der Waals surface area contributed by atoms with Crippen LogP contribution in [0.3, 0.4) is 0 Å². The van der Waals surface area contributed by atoms with E-state index in [9.17, 15) is 0 Å². The molecule has 96 valence electrons. The summed E-state index contributed by atoms with van der Waals surface area (Å²) in [5.41, 5.74) is 2.55. The van der Waals surface area contributed by atoms with Gasteiger partial charge in [-0.3, -0.25) is 0 Å². The summed E-state index contributed by atoms with van der Waals surface area (Å²) in [4.78, 5) is 0. The van der Waals surface area contributed by atoms with Crippen molar-refractivity contribution in [3.63, 3.8) is 0 Å². The van der Waals surface area contributed by atoms with E-state index in [1.54, 1.807) is 11.3 Å². The van der Waals surface area contributed by atoms with E-state index in [1.807, 2.05) is 19.2 Å². The monoisotopic (exact) mass is 407 g/mol. The number of halogens is 3. The summed E-state index contributed by atoms with van der Waals surface area (Å²) in [5.74, 6) is 0. The molecule has 5 heteroatoms. The molecule has 1 N–H and O–H groups in total. The van der Waals surface area contributed by atoms with Crippen LogP contribution in [0.5, 0.6) is 0 Å². The van der Waals surface area contributed by atoms with Crippen molar-refractivity contribution >= 4 is 54.8 Å². The molecular formula is C13H12Br2ClNS. The molecule has 1 nitrogen and oxygen atoms in total. The molecule has 1 heterocycles. The summed E-state index contributed by atoms with van der Waals surface area (Å²) in [6, 6.07) is 10.5. The molecule has 1 unspecified atom stereocenters. The van der Waals surface area contributed by atoms with Gasteiger partial charge in [-0.1, -0.05) is 23.7 Å². The van der Waals surface area contributed by atoms with Gasteiger partial charge in [-0.05, 0) is 74.7 Å². The van der Waals surface area contributed by atoms with Gasteiger partial charge in [0.15, 0.2) is 0 Å². The normalized spacial score (nSPS) is 12.7. The fourth-order valence-corrected chi connectivity index (χ4v) is 4.91. The molecule has 0 bridgehead atoms. The van der Waals surface area contributed by atoms with Crippen LogP contribution >= 0.6 is 54.8 Å². The predicted octanol–water partition coefficient (Wildman–Crippen LogP) is 5.43. The summed E-state index contributed by atoms with van der Waals surface area (Å²) in [6.45, 7) is 0. The van der Waals surface area contributed by atoms with E-state index >= 15 is 0 Å². The third-order valence-corrected chi connectivity index (χ3v) is 5.40. The smallest absolute Gasteiger partial charge is 0.0758 e. The van der Waals surface area contributed by atoms with Crippen LogP contribution in [0.1, 0.15) is 17.2 Å². The maximum absolute atomic E-state index is 5.90. The molecule has 0 aliphatic heterocycles. The van der Waals surface area contributed by atoms with Gasteiger partial charge in [0.05, 0.1) is 7.57 Å². The first-order valence-electron chi connectivity index (χ1n) is 5.46. The third kappa shape index (κ3) is 3.58. The van der Waals surface area contributed by atoms with Gasteiger partial charge >= 0.3 is 0 Å². The standard InChI is InChI=1S/C13H12Br2ClNS/c1-17-11(10-7-12(14)18-13(10)15)6-8-2-4-9(16)5-3-8/h2-5,7,11,17H,6H2,1H3. The van der Waals surface area contributed by atoms with Crippen LogP contribution in [-0.4, -0.2) is 7.05 Å². The van der Waals surface area contributed by atoms with Gasteiger partial charge < -0.3 is 5.32 Å². The molecule has 2 rings (SSSR count). The molecule has 0 saturated heterocycles. The minimum atomic E-state index is 0.295. The molecule has 0 aliphatic rings. The first-order chi connectivity index (χ1) is 8.60. The Morgan fingerprint density at radius 3 is 2.44 bits per heavy atom. The zero-order chi connectivity index (χ0) is 13.1. The van der Waals surface area contributed by atoms with Crippen LogP contribution in [0.2, 0.25) is 5.02 Å². The average molecular weight is 410 g/mol. The topological polar surface area (TPSA) is 12.0 Å². The SMILES string of the molecule is CNC(Cc1ccc(Cl)cc1)c1cc(Br)sc1Br. The van der Waals surface area contributed by atoms with Gasteiger partial charge in [-0.2, -0.15) is 0 Å². The van der Waals surface area contributed by atoms with Gasteiger partial charge in [-0.25, -0.2) is 0 Å². The van der Waals surface area contributed by atoms with Crippen LogP contribution in [0.25, 0.3) is 0 Å². The average Bonchev–Trinajstić information content (AvgIpc) is 2.68. The Labute approximate surface area is 133 Å². The second kappa shape index (κ2) is 6.53. The van der Waals surface area contributed by atoms with E-state index in [-0.39, 0.29) is 0 Å². The van der Waals surface area contributed by atoms with Crippen LogP contribution in [0, 0.1) is 0 Å². The Kier molecular flexibility index (Phi) is 5.27. The number of rotatable bonds is 4. The summed E-state index contributed by atoms with van der Waals surface area (Å²) in [5, 5.41) is 4.14.